The molecule has 0 bridgehead atoms. The minimum atomic E-state index is 0.102. The highest BCUT2D eigenvalue weighted by atomic mass is 32.2. The number of methoxy groups -OCH3 is 1. The van der Waals surface area contributed by atoms with Crippen LogP contribution in [0.4, 0.5) is 0 Å². The lowest BCUT2D eigenvalue weighted by Gasteiger charge is -2.06. The second-order valence-electron chi connectivity index (χ2n) is 4.69. The monoisotopic (exact) mass is 281 g/mol. The lowest BCUT2D eigenvalue weighted by Crippen LogP contribution is -2.26. The Labute approximate surface area is 120 Å². The predicted molar refractivity (Wildman–Crippen MR) is 81.6 cm³/mol. The summed E-state index contributed by atoms with van der Waals surface area (Å²) in [6.07, 6.45) is 0.865. The summed E-state index contributed by atoms with van der Waals surface area (Å²) in [5.74, 6) is 1.50. The number of hydrogen-bond acceptors (Lipinski definition) is 3. The van der Waals surface area contributed by atoms with E-state index in [0.29, 0.717) is 18.9 Å². The van der Waals surface area contributed by atoms with Gasteiger partial charge in [-0.05, 0) is 25.8 Å². The van der Waals surface area contributed by atoms with Gasteiger partial charge in [0.15, 0.2) is 0 Å². The molecule has 106 valence electrons. The lowest BCUT2D eigenvalue weighted by atomic mass is 10.1. The molecular formula is C15H23NO2S. The van der Waals surface area contributed by atoms with Crippen molar-refractivity contribution in [3.8, 4) is 0 Å². The fourth-order valence-corrected chi connectivity index (χ4v) is 2.70. The maximum atomic E-state index is 11.6. The van der Waals surface area contributed by atoms with E-state index in [9.17, 15) is 4.79 Å². The first kappa shape index (κ1) is 16.1. The quantitative estimate of drug-likeness (QED) is 0.745. The molecule has 3 nitrogen and oxygen atoms in total. The normalized spacial score (nSPS) is 10.5. The van der Waals surface area contributed by atoms with Gasteiger partial charge in [-0.15, -0.1) is 11.8 Å². The fraction of sp³-hybridized carbons (Fsp3) is 0.533. The van der Waals surface area contributed by atoms with Crippen molar-refractivity contribution in [2.24, 2.45) is 0 Å². The molecule has 0 aromatic heterocycles. The average molecular weight is 281 g/mol. The number of ether oxygens (including phenoxy) is 1. The predicted octanol–water partition coefficient (Wildman–Crippen LogP) is 2.69. The number of carbonyl (C=O) groups is 1. The van der Waals surface area contributed by atoms with Crippen LogP contribution in [0.25, 0.3) is 0 Å². The average Bonchev–Trinajstić information content (AvgIpc) is 2.33. The zero-order valence-corrected chi connectivity index (χ0v) is 12.8. The van der Waals surface area contributed by atoms with Crippen LogP contribution >= 0.6 is 11.8 Å². The topological polar surface area (TPSA) is 38.3 Å². The van der Waals surface area contributed by atoms with Crippen LogP contribution in [-0.2, 0) is 15.3 Å². The van der Waals surface area contributed by atoms with E-state index in [0.717, 1.165) is 12.2 Å². The standard InChI is InChI=1S/C15H23NO2S/c1-12-7-13(2)9-14(8-12)10-19-11-15(17)16-5-4-6-18-3/h7-9H,4-6,10-11H2,1-3H3,(H,16,17). The number of carbonyl (C=O) groups excluding carboxylic acids is 1. The van der Waals surface area contributed by atoms with Gasteiger partial charge < -0.3 is 10.1 Å². The summed E-state index contributed by atoms with van der Waals surface area (Å²) >= 11 is 1.65. The second-order valence-corrected chi connectivity index (χ2v) is 5.67. The number of benzene rings is 1. The number of hydrogen-bond donors (Lipinski definition) is 1. The summed E-state index contributed by atoms with van der Waals surface area (Å²) in [6.45, 7) is 5.58. The molecule has 0 heterocycles. The van der Waals surface area contributed by atoms with Gasteiger partial charge in [0.05, 0.1) is 5.75 Å². The van der Waals surface area contributed by atoms with Crippen LogP contribution in [0, 0.1) is 13.8 Å². The summed E-state index contributed by atoms with van der Waals surface area (Å²) in [4.78, 5) is 11.6. The van der Waals surface area contributed by atoms with E-state index in [1.807, 2.05) is 0 Å². The summed E-state index contributed by atoms with van der Waals surface area (Å²) in [5, 5.41) is 2.89. The van der Waals surface area contributed by atoms with Gasteiger partial charge in [0.25, 0.3) is 0 Å². The van der Waals surface area contributed by atoms with Crippen LogP contribution in [0.1, 0.15) is 23.1 Å². The minimum Gasteiger partial charge on any atom is -0.385 e. The zero-order valence-electron chi connectivity index (χ0n) is 12.0. The van der Waals surface area contributed by atoms with E-state index in [-0.39, 0.29) is 5.91 Å². The molecule has 0 aliphatic heterocycles. The van der Waals surface area contributed by atoms with Gasteiger partial charge in [0, 0.05) is 26.0 Å². The molecule has 0 saturated heterocycles. The minimum absolute atomic E-state index is 0.102. The van der Waals surface area contributed by atoms with Crippen molar-refractivity contribution in [2.45, 2.75) is 26.0 Å². The first-order chi connectivity index (χ1) is 9.11. The Bertz CT molecular complexity index is 387. The Morgan fingerprint density at radius 1 is 1.26 bits per heavy atom. The van der Waals surface area contributed by atoms with E-state index in [1.54, 1.807) is 18.9 Å². The van der Waals surface area contributed by atoms with Crippen LogP contribution < -0.4 is 5.32 Å². The van der Waals surface area contributed by atoms with Crippen LogP contribution in [0.5, 0.6) is 0 Å². The summed E-state index contributed by atoms with van der Waals surface area (Å²) in [6, 6.07) is 6.52. The van der Waals surface area contributed by atoms with E-state index in [1.165, 1.54) is 16.7 Å². The molecule has 0 aliphatic rings. The largest absolute Gasteiger partial charge is 0.385 e. The molecule has 4 heteroatoms. The van der Waals surface area contributed by atoms with Crippen LogP contribution in [-0.4, -0.2) is 31.9 Å². The number of rotatable bonds is 8. The van der Waals surface area contributed by atoms with E-state index in [2.05, 4.69) is 37.4 Å². The number of amides is 1. The first-order valence-electron chi connectivity index (χ1n) is 6.52. The SMILES string of the molecule is COCCCNC(=O)CSCc1cc(C)cc(C)c1. The molecule has 1 aromatic carbocycles. The first-order valence-corrected chi connectivity index (χ1v) is 7.68. The van der Waals surface area contributed by atoms with Crippen molar-refractivity contribution in [2.75, 3.05) is 26.0 Å². The lowest BCUT2D eigenvalue weighted by molar-refractivity contribution is -0.118. The molecule has 1 rings (SSSR count). The second kappa shape index (κ2) is 8.99. The molecular weight excluding hydrogens is 258 g/mol. The Hall–Kier alpha value is -1.00. The van der Waals surface area contributed by atoms with E-state index >= 15 is 0 Å². The van der Waals surface area contributed by atoms with E-state index in [4.69, 9.17) is 4.74 Å². The van der Waals surface area contributed by atoms with Gasteiger partial charge in [-0.25, -0.2) is 0 Å². The molecule has 0 atom stereocenters. The van der Waals surface area contributed by atoms with Crippen LogP contribution in [0.2, 0.25) is 0 Å². The highest BCUT2D eigenvalue weighted by Gasteiger charge is 2.02. The van der Waals surface area contributed by atoms with Crippen molar-refractivity contribution in [1.82, 2.24) is 5.32 Å². The third-order valence-electron chi connectivity index (χ3n) is 2.63. The third kappa shape index (κ3) is 7.23. The molecule has 0 fully saturated rings. The number of thioether (sulfide) groups is 1. The maximum Gasteiger partial charge on any atom is 0.230 e. The molecule has 0 radical (unpaired) electrons. The van der Waals surface area contributed by atoms with Crippen molar-refractivity contribution >= 4 is 17.7 Å². The Morgan fingerprint density at radius 3 is 2.58 bits per heavy atom. The smallest absolute Gasteiger partial charge is 0.230 e. The molecule has 0 saturated carbocycles. The highest BCUT2D eigenvalue weighted by Crippen LogP contribution is 2.15. The van der Waals surface area contributed by atoms with Crippen LogP contribution in [0.15, 0.2) is 18.2 Å². The van der Waals surface area contributed by atoms with Gasteiger partial charge in [-0.1, -0.05) is 29.3 Å². The summed E-state index contributed by atoms with van der Waals surface area (Å²) in [5.41, 5.74) is 3.84. The summed E-state index contributed by atoms with van der Waals surface area (Å²) in [7, 11) is 1.67. The van der Waals surface area contributed by atoms with Crippen molar-refractivity contribution in [1.29, 1.82) is 0 Å². The summed E-state index contributed by atoms with van der Waals surface area (Å²) < 4.78 is 4.93. The molecule has 1 aromatic rings. The fourth-order valence-electron chi connectivity index (χ4n) is 1.91. The Balaban J connectivity index is 2.20. The highest BCUT2D eigenvalue weighted by molar-refractivity contribution is 7.99. The van der Waals surface area contributed by atoms with Gasteiger partial charge in [-0.3, -0.25) is 4.79 Å². The molecule has 0 spiro atoms. The Morgan fingerprint density at radius 2 is 1.95 bits per heavy atom. The van der Waals surface area contributed by atoms with Crippen molar-refractivity contribution < 1.29 is 9.53 Å². The third-order valence-corrected chi connectivity index (χ3v) is 3.63. The number of nitrogens with one attached hydrogen (secondary N) is 1. The zero-order chi connectivity index (χ0) is 14.1. The van der Waals surface area contributed by atoms with E-state index < -0.39 is 0 Å². The van der Waals surface area contributed by atoms with Crippen LogP contribution in [0.3, 0.4) is 0 Å². The maximum absolute atomic E-state index is 11.6. The Kier molecular flexibility index (Phi) is 7.60. The van der Waals surface area contributed by atoms with Crippen molar-refractivity contribution in [3.63, 3.8) is 0 Å². The molecule has 0 unspecified atom stereocenters. The molecule has 19 heavy (non-hydrogen) atoms. The molecule has 1 N–H and O–H groups in total. The number of aryl methyl sites for hydroxylation is 2. The molecule has 1 amide bonds. The van der Waals surface area contributed by atoms with Gasteiger partial charge in [-0.2, -0.15) is 0 Å². The molecule has 0 aliphatic carbocycles. The van der Waals surface area contributed by atoms with Gasteiger partial charge in [0.1, 0.15) is 0 Å². The van der Waals surface area contributed by atoms with Crippen molar-refractivity contribution in [3.05, 3.63) is 34.9 Å². The van der Waals surface area contributed by atoms with Gasteiger partial charge >= 0.3 is 0 Å². The van der Waals surface area contributed by atoms with Gasteiger partial charge in [0.2, 0.25) is 5.91 Å².